The molecule has 3 heteroatoms. The molecular formula is C13H17FN2. The van der Waals surface area contributed by atoms with Crippen molar-refractivity contribution in [2.24, 2.45) is 0 Å². The number of piperidine rings is 1. The Morgan fingerprint density at radius 1 is 1.38 bits per heavy atom. The number of rotatable bonds is 0. The van der Waals surface area contributed by atoms with Gasteiger partial charge in [-0.25, -0.2) is 4.39 Å². The van der Waals surface area contributed by atoms with E-state index in [-0.39, 0.29) is 11.4 Å². The Kier molecular flexibility index (Phi) is 2.02. The molecule has 1 aromatic rings. The van der Waals surface area contributed by atoms with E-state index in [1.54, 1.807) is 12.1 Å². The van der Waals surface area contributed by atoms with Crippen LogP contribution < -0.4 is 10.6 Å². The molecule has 1 fully saturated rings. The largest absolute Gasteiger partial charge is 0.380 e. The molecule has 0 radical (unpaired) electrons. The maximum absolute atomic E-state index is 13.2. The van der Waals surface area contributed by atoms with Crippen molar-refractivity contribution >= 4 is 5.69 Å². The van der Waals surface area contributed by atoms with Crippen LogP contribution >= 0.6 is 0 Å². The normalized spacial score (nSPS) is 30.4. The summed E-state index contributed by atoms with van der Waals surface area (Å²) in [6.07, 6.45) is 1.12. The number of halogens is 1. The lowest BCUT2D eigenvalue weighted by Crippen LogP contribution is -2.57. The number of nitrogens with one attached hydrogen (secondary N) is 2. The highest BCUT2D eigenvalue weighted by Gasteiger charge is 2.44. The minimum absolute atomic E-state index is 0.0679. The van der Waals surface area contributed by atoms with Gasteiger partial charge in [-0.05, 0) is 44.5 Å². The molecule has 2 nitrogen and oxygen atoms in total. The summed E-state index contributed by atoms with van der Waals surface area (Å²) >= 11 is 0. The van der Waals surface area contributed by atoms with Crippen LogP contribution in [-0.2, 0) is 0 Å². The van der Waals surface area contributed by atoms with Crippen molar-refractivity contribution in [2.45, 2.75) is 37.8 Å². The van der Waals surface area contributed by atoms with Crippen molar-refractivity contribution in [1.29, 1.82) is 0 Å². The second-order valence-electron chi connectivity index (χ2n) is 5.40. The highest BCUT2D eigenvalue weighted by atomic mass is 19.1. The van der Waals surface area contributed by atoms with Crippen LogP contribution in [0.3, 0.4) is 0 Å². The van der Waals surface area contributed by atoms with E-state index in [1.165, 1.54) is 5.56 Å². The zero-order valence-electron chi connectivity index (χ0n) is 9.68. The molecule has 0 amide bonds. The molecule has 86 valence electrons. The predicted molar refractivity (Wildman–Crippen MR) is 63.3 cm³/mol. The summed E-state index contributed by atoms with van der Waals surface area (Å²) in [7, 11) is 0. The van der Waals surface area contributed by atoms with Gasteiger partial charge in [-0.15, -0.1) is 0 Å². The van der Waals surface area contributed by atoms with Crippen molar-refractivity contribution in [1.82, 2.24) is 5.32 Å². The topological polar surface area (TPSA) is 24.1 Å². The van der Waals surface area contributed by atoms with Gasteiger partial charge in [0.1, 0.15) is 5.82 Å². The summed E-state index contributed by atoms with van der Waals surface area (Å²) in [6, 6.07) is 5.49. The molecule has 2 aliphatic rings. The van der Waals surface area contributed by atoms with E-state index in [0.29, 0.717) is 12.0 Å². The molecule has 16 heavy (non-hydrogen) atoms. The quantitative estimate of drug-likeness (QED) is 0.702. The fourth-order valence-corrected chi connectivity index (χ4v) is 3.09. The summed E-state index contributed by atoms with van der Waals surface area (Å²) < 4.78 is 13.2. The van der Waals surface area contributed by atoms with Gasteiger partial charge >= 0.3 is 0 Å². The highest BCUT2D eigenvalue weighted by Crippen LogP contribution is 2.43. The fourth-order valence-electron chi connectivity index (χ4n) is 3.09. The Hall–Kier alpha value is -1.09. The second-order valence-corrected chi connectivity index (χ2v) is 5.40. The molecule has 2 aliphatic heterocycles. The van der Waals surface area contributed by atoms with Crippen molar-refractivity contribution in [3.05, 3.63) is 29.6 Å². The van der Waals surface area contributed by atoms with E-state index in [2.05, 4.69) is 24.5 Å². The molecule has 0 aromatic heterocycles. The fraction of sp³-hybridized carbons (Fsp3) is 0.538. The Balaban J connectivity index is 2.03. The Bertz CT molecular complexity index is 428. The third kappa shape index (κ3) is 1.34. The third-order valence-corrected chi connectivity index (χ3v) is 3.94. The van der Waals surface area contributed by atoms with E-state index in [0.717, 1.165) is 18.7 Å². The van der Waals surface area contributed by atoms with Crippen LogP contribution in [0, 0.1) is 5.82 Å². The molecule has 2 unspecified atom stereocenters. The second kappa shape index (κ2) is 3.20. The zero-order valence-corrected chi connectivity index (χ0v) is 9.68. The zero-order chi connectivity index (χ0) is 11.3. The molecule has 0 saturated carbocycles. The van der Waals surface area contributed by atoms with E-state index in [9.17, 15) is 4.39 Å². The highest BCUT2D eigenvalue weighted by molar-refractivity contribution is 5.60. The number of fused-ring (bicyclic) bond motifs is 3. The molecule has 0 spiro atoms. The Labute approximate surface area is 95.2 Å². The summed E-state index contributed by atoms with van der Waals surface area (Å²) in [5, 5.41) is 6.99. The lowest BCUT2D eigenvalue weighted by molar-refractivity contribution is 0.256. The maximum Gasteiger partial charge on any atom is 0.125 e. The van der Waals surface area contributed by atoms with Gasteiger partial charge in [0.2, 0.25) is 0 Å². The van der Waals surface area contributed by atoms with Crippen molar-refractivity contribution in [2.75, 3.05) is 11.9 Å². The SMILES string of the molecule is CC1(C)NCCC2c3ccc(F)cc3NC21. The van der Waals surface area contributed by atoms with E-state index >= 15 is 0 Å². The first-order valence-corrected chi connectivity index (χ1v) is 5.89. The lowest BCUT2D eigenvalue weighted by atomic mass is 9.78. The summed E-state index contributed by atoms with van der Waals surface area (Å²) in [5.41, 5.74) is 2.33. The monoisotopic (exact) mass is 220 g/mol. The van der Waals surface area contributed by atoms with E-state index < -0.39 is 0 Å². The molecule has 0 bridgehead atoms. The van der Waals surface area contributed by atoms with Crippen LogP contribution in [-0.4, -0.2) is 18.1 Å². The number of hydrogen-bond acceptors (Lipinski definition) is 2. The van der Waals surface area contributed by atoms with Crippen molar-refractivity contribution < 1.29 is 4.39 Å². The van der Waals surface area contributed by atoms with Crippen molar-refractivity contribution in [3.63, 3.8) is 0 Å². The molecule has 0 aliphatic carbocycles. The van der Waals surface area contributed by atoms with Crippen LogP contribution in [0.15, 0.2) is 18.2 Å². The van der Waals surface area contributed by atoms with Gasteiger partial charge in [0.15, 0.2) is 0 Å². The van der Waals surface area contributed by atoms with Crippen LogP contribution in [0.5, 0.6) is 0 Å². The van der Waals surface area contributed by atoms with Gasteiger partial charge < -0.3 is 10.6 Å². The number of anilines is 1. The first kappa shape index (κ1) is 10.1. The van der Waals surface area contributed by atoms with Gasteiger partial charge in [-0.2, -0.15) is 0 Å². The number of hydrogen-bond donors (Lipinski definition) is 2. The first-order chi connectivity index (χ1) is 7.58. The summed E-state index contributed by atoms with van der Waals surface area (Å²) in [5.74, 6) is 0.363. The van der Waals surface area contributed by atoms with Crippen LogP contribution in [0.2, 0.25) is 0 Å². The molecule has 2 atom stereocenters. The smallest absolute Gasteiger partial charge is 0.125 e. The van der Waals surface area contributed by atoms with Crippen LogP contribution in [0.25, 0.3) is 0 Å². The van der Waals surface area contributed by atoms with Gasteiger partial charge in [0.05, 0.1) is 6.04 Å². The summed E-state index contributed by atoms with van der Waals surface area (Å²) in [6.45, 7) is 5.45. The van der Waals surface area contributed by atoms with Gasteiger partial charge in [-0.3, -0.25) is 0 Å². The average molecular weight is 220 g/mol. The number of benzene rings is 1. The van der Waals surface area contributed by atoms with E-state index in [1.807, 2.05) is 6.07 Å². The van der Waals surface area contributed by atoms with Crippen LogP contribution in [0.1, 0.15) is 31.7 Å². The first-order valence-electron chi connectivity index (χ1n) is 5.89. The average Bonchev–Trinajstić information content (AvgIpc) is 2.57. The van der Waals surface area contributed by atoms with Crippen LogP contribution in [0.4, 0.5) is 10.1 Å². The standard InChI is InChI=1S/C13H17FN2/c1-13(2)12-10(5-6-15-13)9-4-3-8(14)7-11(9)16-12/h3-4,7,10,12,15-16H,5-6H2,1-2H3. The van der Waals surface area contributed by atoms with Gasteiger partial charge in [0.25, 0.3) is 0 Å². The summed E-state index contributed by atoms with van der Waals surface area (Å²) in [4.78, 5) is 0. The van der Waals surface area contributed by atoms with Crippen molar-refractivity contribution in [3.8, 4) is 0 Å². The van der Waals surface area contributed by atoms with Gasteiger partial charge in [-0.1, -0.05) is 6.07 Å². The lowest BCUT2D eigenvalue weighted by Gasteiger charge is -2.41. The Morgan fingerprint density at radius 3 is 3.00 bits per heavy atom. The maximum atomic E-state index is 13.2. The minimum atomic E-state index is -0.157. The minimum Gasteiger partial charge on any atom is -0.380 e. The van der Waals surface area contributed by atoms with Gasteiger partial charge in [0, 0.05) is 17.1 Å². The molecule has 2 N–H and O–H groups in total. The molecular weight excluding hydrogens is 203 g/mol. The molecule has 3 rings (SSSR count). The Morgan fingerprint density at radius 2 is 2.19 bits per heavy atom. The predicted octanol–water partition coefficient (Wildman–Crippen LogP) is 2.48. The van der Waals surface area contributed by atoms with E-state index in [4.69, 9.17) is 0 Å². The third-order valence-electron chi connectivity index (χ3n) is 3.94. The molecule has 1 aromatic carbocycles. The molecule has 1 saturated heterocycles. The molecule has 2 heterocycles.